The van der Waals surface area contributed by atoms with Crippen molar-refractivity contribution in [2.45, 2.75) is 13.0 Å². The summed E-state index contributed by atoms with van der Waals surface area (Å²) in [6, 6.07) is 23.9. The fraction of sp³-hybridized carbons (Fsp3) is 0.143. The Morgan fingerprint density at radius 2 is 1.50 bits per heavy atom. The highest BCUT2D eigenvalue weighted by Gasteiger charge is 2.16. The zero-order chi connectivity index (χ0) is 16.6. The Bertz CT molecular complexity index is 758. The Hall–Kier alpha value is -2.94. The zero-order valence-corrected chi connectivity index (χ0v) is 13.5. The summed E-state index contributed by atoms with van der Waals surface area (Å²) in [4.78, 5) is 18.8. The van der Waals surface area contributed by atoms with Crippen molar-refractivity contribution in [3.8, 4) is 0 Å². The van der Waals surface area contributed by atoms with Crippen LogP contribution in [0.1, 0.15) is 21.5 Å². The van der Waals surface area contributed by atoms with E-state index in [2.05, 4.69) is 17.1 Å². The van der Waals surface area contributed by atoms with Crippen LogP contribution in [0, 0.1) is 0 Å². The molecule has 0 aliphatic heterocycles. The molecule has 1 aromatic heterocycles. The molecule has 0 bridgehead atoms. The van der Waals surface area contributed by atoms with Crippen molar-refractivity contribution in [2.24, 2.45) is 0 Å². The highest BCUT2D eigenvalue weighted by atomic mass is 16.2. The second kappa shape index (κ2) is 8.06. The van der Waals surface area contributed by atoms with E-state index in [4.69, 9.17) is 0 Å². The molecule has 120 valence electrons. The Morgan fingerprint density at radius 1 is 0.833 bits per heavy atom. The molecule has 0 saturated carbocycles. The van der Waals surface area contributed by atoms with Gasteiger partial charge in [-0.15, -0.1) is 0 Å². The van der Waals surface area contributed by atoms with Crippen LogP contribution in [-0.4, -0.2) is 22.3 Å². The highest BCUT2D eigenvalue weighted by molar-refractivity contribution is 5.93. The van der Waals surface area contributed by atoms with Gasteiger partial charge in [-0.1, -0.05) is 60.7 Å². The lowest BCUT2D eigenvalue weighted by Gasteiger charge is -2.23. The van der Waals surface area contributed by atoms with Crippen molar-refractivity contribution in [2.75, 3.05) is 6.54 Å². The van der Waals surface area contributed by atoms with E-state index in [0.29, 0.717) is 18.7 Å². The molecule has 3 aromatic rings. The highest BCUT2D eigenvalue weighted by Crippen LogP contribution is 2.11. The minimum atomic E-state index is 0.0166. The van der Waals surface area contributed by atoms with Gasteiger partial charge in [0.2, 0.25) is 0 Å². The molecule has 24 heavy (non-hydrogen) atoms. The van der Waals surface area contributed by atoms with Crippen LogP contribution in [0.5, 0.6) is 0 Å². The first-order valence-corrected chi connectivity index (χ1v) is 8.10. The molecule has 1 heterocycles. The minimum absolute atomic E-state index is 0.0166. The SMILES string of the molecule is O=C(c1cccnc1)N(CCc1ccccc1)Cc1ccccc1. The molecule has 0 aliphatic rings. The third-order valence-electron chi connectivity index (χ3n) is 3.93. The molecule has 2 aromatic carbocycles. The lowest BCUT2D eigenvalue weighted by Crippen LogP contribution is -2.32. The maximum absolute atomic E-state index is 12.9. The second-order valence-corrected chi connectivity index (χ2v) is 5.69. The predicted octanol–water partition coefficient (Wildman–Crippen LogP) is 3.97. The molecule has 0 spiro atoms. The summed E-state index contributed by atoms with van der Waals surface area (Å²) >= 11 is 0. The van der Waals surface area contributed by atoms with Crippen LogP contribution in [0.4, 0.5) is 0 Å². The predicted molar refractivity (Wildman–Crippen MR) is 95.6 cm³/mol. The van der Waals surface area contributed by atoms with Gasteiger partial charge in [-0.3, -0.25) is 9.78 Å². The van der Waals surface area contributed by atoms with E-state index in [1.807, 2.05) is 59.5 Å². The van der Waals surface area contributed by atoms with Gasteiger partial charge in [0.25, 0.3) is 5.91 Å². The maximum Gasteiger partial charge on any atom is 0.255 e. The van der Waals surface area contributed by atoms with Crippen molar-refractivity contribution in [3.05, 3.63) is 102 Å². The third-order valence-corrected chi connectivity index (χ3v) is 3.93. The van der Waals surface area contributed by atoms with E-state index >= 15 is 0 Å². The van der Waals surface area contributed by atoms with Crippen molar-refractivity contribution in [1.82, 2.24) is 9.88 Å². The number of amides is 1. The molecule has 3 rings (SSSR count). The molecule has 3 heteroatoms. The van der Waals surface area contributed by atoms with E-state index in [-0.39, 0.29) is 5.91 Å². The van der Waals surface area contributed by atoms with Crippen LogP contribution < -0.4 is 0 Å². The molecule has 0 N–H and O–H groups in total. The number of benzene rings is 2. The molecule has 1 amide bonds. The lowest BCUT2D eigenvalue weighted by molar-refractivity contribution is 0.0744. The van der Waals surface area contributed by atoms with Crippen LogP contribution in [-0.2, 0) is 13.0 Å². The quantitative estimate of drug-likeness (QED) is 0.689. The maximum atomic E-state index is 12.9. The van der Waals surface area contributed by atoms with Crippen molar-refractivity contribution < 1.29 is 4.79 Å². The molecule has 0 radical (unpaired) electrons. The Kier molecular flexibility index (Phi) is 5.36. The fourth-order valence-corrected chi connectivity index (χ4v) is 2.64. The average Bonchev–Trinajstić information content (AvgIpc) is 2.67. The first kappa shape index (κ1) is 15.9. The molecule has 0 atom stereocenters. The van der Waals surface area contributed by atoms with Crippen molar-refractivity contribution >= 4 is 5.91 Å². The van der Waals surface area contributed by atoms with Crippen LogP contribution in [0.3, 0.4) is 0 Å². The summed E-state index contributed by atoms with van der Waals surface area (Å²) < 4.78 is 0. The summed E-state index contributed by atoms with van der Waals surface area (Å²) in [7, 11) is 0. The van der Waals surface area contributed by atoms with Gasteiger partial charge in [-0.25, -0.2) is 0 Å². The zero-order valence-electron chi connectivity index (χ0n) is 13.5. The molecule has 0 saturated heterocycles. The van der Waals surface area contributed by atoms with E-state index in [1.165, 1.54) is 5.56 Å². The van der Waals surface area contributed by atoms with Gasteiger partial charge >= 0.3 is 0 Å². The summed E-state index contributed by atoms with van der Waals surface area (Å²) in [6.45, 7) is 1.27. The van der Waals surface area contributed by atoms with Crippen molar-refractivity contribution in [1.29, 1.82) is 0 Å². The smallest absolute Gasteiger partial charge is 0.255 e. The molecule has 0 fully saturated rings. The number of rotatable bonds is 6. The standard InChI is InChI=1S/C21H20N2O/c24-21(20-12-7-14-22-16-20)23(17-19-10-5-2-6-11-19)15-13-18-8-3-1-4-9-18/h1-12,14,16H,13,15,17H2. The van der Waals surface area contributed by atoms with Gasteiger partial charge in [-0.05, 0) is 29.7 Å². The number of carbonyl (C=O) groups excluding carboxylic acids is 1. The molecule has 0 unspecified atom stereocenters. The average molecular weight is 316 g/mol. The molecular weight excluding hydrogens is 296 g/mol. The number of pyridine rings is 1. The van der Waals surface area contributed by atoms with E-state index in [0.717, 1.165) is 12.0 Å². The lowest BCUT2D eigenvalue weighted by atomic mass is 10.1. The summed E-state index contributed by atoms with van der Waals surface area (Å²) in [5.74, 6) is 0.0166. The second-order valence-electron chi connectivity index (χ2n) is 5.69. The Morgan fingerprint density at radius 3 is 2.12 bits per heavy atom. The van der Waals surface area contributed by atoms with Gasteiger partial charge in [0.05, 0.1) is 5.56 Å². The molecular formula is C21H20N2O. The van der Waals surface area contributed by atoms with Crippen LogP contribution in [0.15, 0.2) is 85.2 Å². The number of aromatic nitrogens is 1. The number of hydrogen-bond acceptors (Lipinski definition) is 2. The van der Waals surface area contributed by atoms with Gasteiger partial charge in [-0.2, -0.15) is 0 Å². The number of hydrogen-bond donors (Lipinski definition) is 0. The van der Waals surface area contributed by atoms with Crippen LogP contribution in [0.25, 0.3) is 0 Å². The molecule has 3 nitrogen and oxygen atoms in total. The van der Waals surface area contributed by atoms with E-state index < -0.39 is 0 Å². The minimum Gasteiger partial charge on any atom is -0.334 e. The topological polar surface area (TPSA) is 33.2 Å². The van der Waals surface area contributed by atoms with E-state index in [9.17, 15) is 4.79 Å². The summed E-state index contributed by atoms with van der Waals surface area (Å²) in [6.07, 6.45) is 4.14. The molecule has 0 aliphatic carbocycles. The Balaban J connectivity index is 1.76. The Labute approximate surface area is 142 Å². The van der Waals surface area contributed by atoms with E-state index in [1.54, 1.807) is 18.5 Å². The normalized spacial score (nSPS) is 10.3. The van der Waals surface area contributed by atoms with Gasteiger partial charge in [0, 0.05) is 25.5 Å². The van der Waals surface area contributed by atoms with Crippen molar-refractivity contribution in [3.63, 3.8) is 0 Å². The van der Waals surface area contributed by atoms with Crippen LogP contribution >= 0.6 is 0 Å². The fourth-order valence-electron chi connectivity index (χ4n) is 2.64. The first-order chi connectivity index (χ1) is 11.8. The van der Waals surface area contributed by atoms with Gasteiger partial charge < -0.3 is 4.90 Å². The largest absolute Gasteiger partial charge is 0.334 e. The number of carbonyl (C=O) groups is 1. The monoisotopic (exact) mass is 316 g/mol. The first-order valence-electron chi connectivity index (χ1n) is 8.10. The summed E-state index contributed by atoms with van der Waals surface area (Å²) in [5, 5.41) is 0. The summed E-state index contributed by atoms with van der Waals surface area (Å²) in [5.41, 5.74) is 2.99. The van der Waals surface area contributed by atoms with Gasteiger partial charge in [0.1, 0.15) is 0 Å². The number of nitrogens with zero attached hydrogens (tertiary/aromatic N) is 2. The third kappa shape index (κ3) is 4.29. The van der Waals surface area contributed by atoms with Crippen LogP contribution in [0.2, 0.25) is 0 Å². The van der Waals surface area contributed by atoms with Gasteiger partial charge in [0.15, 0.2) is 0 Å².